The standard InChI is InChI=1S/C21H22F3N3O3/c22-21(23,24)15-2-4-19(25-13-15)27-7-5-16(6-8-27)26-20(28)12-14-1-3-17-18(11-14)30-10-9-29-17/h1-4,11,13,16H,5-10,12H2,(H,26,28). The number of piperidine rings is 1. The minimum absolute atomic E-state index is 0.0282. The molecule has 9 heteroatoms. The Morgan fingerprint density at radius 1 is 1.10 bits per heavy atom. The average molecular weight is 421 g/mol. The van der Waals surface area contributed by atoms with Gasteiger partial charge in [-0.1, -0.05) is 6.07 Å². The molecule has 0 spiro atoms. The van der Waals surface area contributed by atoms with Crippen molar-refractivity contribution in [2.45, 2.75) is 31.5 Å². The maximum Gasteiger partial charge on any atom is 0.417 e. The van der Waals surface area contributed by atoms with Crippen LogP contribution in [0.1, 0.15) is 24.0 Å². The molecule has 2 aliphatic heterocycles. The molecule has 4 rings (SSSR count). The van der Waals surface area contributed by atoms with Crippen molar-refractivity contribution >= 4 is 11.7 Å². The summed E-state index contributed by atoms with van der Waals surface area (Å²) in [6, 6.07) is 7.96. The van der Waals surface area contributed by atoms with E-state index >= 15 is 0 Å². The van der Waals surface area contributed by atoms with Gasteiger partial charge in [-0.25, -0.2) is 4.98 Å². The van der Waals surface area contributed by atoms with E-state index in [1.807, 2.05) is 23.1 Å². The molecule has 1 aromatic heterocycles. The molecule has 30 heavy (non-hydrogen) atoms. The lowest BCUT2D eigenvalue weighted by Gasteiger charge is -2.33. The summed E-state index contributed by atoms with van der Waals surface area (Å²) in [5.74, 6) is 1.79. The van der Waals surface area contributed by atoms with Crippen molar-refractivity contribution in [1.82, 2.24) is 10.3 Å². The summed E-state index contributed by atoms with van der Waals surface area (Å²) in [7, 11) is 0. The van der Waals surface area contributed by atoms with Crippen LogP contribution in [-0.2, 0) is 17.4 Å². The molecular weight excluding hydrogens is 399 g/mol. The van der Waals surface area contributed by atoms with E-state index in [4.69, 9.17) is 9.47 Å². The Kier molecular flexibility index (Phi) is 5.69. The molecular formula is C21H22F3N3O3. The number of ether oxygens (including phenoxy) is 2. The number of rotatable bonds is 4. The molecule has 0 bridgehead atoms. The zero-order valence-electron chi connectivity index (χ0n) is 16.2. The zero-order chi connectivity index (χ0) is 21.1. The Hall–Kier alpha value is -2.97. The highest BCUT2D eigenvalue weighted by atomic mass is 19.4. The van der Waals surface area contributed by atoms with Crippen LogP contribution in [0.3, 0.4) is 0 Å². The minimum Gasteiger partial charge on any atom is -0.486 e. The average Bonchev–Trinajstić information content (AvgIpc) is 2.74. The van der Waals surface area contributed by atoms with Gasteiger partial charge in [0.15, 0.2) is 11.5 Å². The molecule has 0 aliphatic carbocycles. The first-order valence-corrected chi connectivity index (χ1v) is 9.84. The quantitative estimate of drug-likeness (QED) is 0.822. The second-order valence-electron chi connectivity index (χ2n) is 7.39. The maximum atomic E-state index is 12.7. The van der Waals surface area contributed by atoms with E-state index in [9.17, 15) is 18.0 Å². The van der Waals surface area contributed by atoms with Gasteiger partial charge in [-0.05, 0) is 42.7 Å². The summed E-state index contributed by atoms with van der Waals surface area (Å²) in [5.41, 5.74) is 0.0932. The third-order valence-corrected chi connectivity index (χ3v) is 5.23. The summed E-state index contributed by atoms with van der Waals surface area (Å²) >= 11 is 0. The van der Waals surface area contributed by atoms with Crippen molar-refractivity contribution in [2.75, 3.05) is 31.2 Å². The number of nitrogens with one attached hydrogen (secondary N) is 1. The van der Waals surface area contributed by atoms with E-state index in [0.717, 1.165) is 17.8 Å². The van der Waals surface area contributed by atoms with Crippen molar-refractivity contribution in [3.8, 4) is 11.5 Å². The molecule has 0 unspecified atom stereocenters. The highest BCUT2D eigenvalue weighted by Gasteiger charge is 2.31. The lowest BCUT2D eigenvalue weighted by molar-refractivity contribution is -0.137. The van der Waals surface area contributed by atoms with Crippen molar-refractivity contribution in [1.29, 1.82) is 0 Å². The van der Waals surface area contributed by atoms with Gasteiger partial charge in [0.05, 0.1) is 12.0 Å². The molecule has 0 radical (unpaired) electrons. The zero-order valence-corrected chi connectivity index (χ0v) is 16.2. The highest BCUT2D eigenvalue weighted by molar-refractivity contribution is 5.79. The fraction of sp³-hybridized carbons (Fsp3) is 0.429. The van der Waals surface area contributed by atoms with Crippen molar-refractivity contribution in [3.05, 3.63) is 47.7 Å². The summed E-state index contributed by atoms with van der Waals surface area (Å²) < 4.78 is 49.0. The topological polar surface area (TPSA) is 63.7 Å². The monoisotopic (exact) mass is 421 g/mol. The lowest BCUT2D eigenvalue weighted by Crippen LogP contribution is -2.45. The van der Waals surface area contributed by atoms with Crippen LogP contribution in [0, 0.1) is 0 Å². The van der Waals surface area contributed by atoms with Crippen LogP contribution in [0.4, 0.5) is 19.0 Å². The summed E-state index contributed by atoms with van der Waals surface area (Å²) in [6.07, 6.45) is -1.88. The molecule has 1 saturated heterocycles. The third-order valence-electron chi connectivity index (χ3n) is 5.23. The largest absolute Gasteiger partial charge is 0.486 e. The molecule has 2 aliphatic rings. The van der Waals surface area contributed by atoms with Crippen LogP contribution in [0.5, 0.6) is 11.5 Å². The fourth-order valence-electron chi connectivity index (χ4n) is 3.66. The number of nitrogens with zero attached hydrogens (tertiary/aromatic N) is 2. The summed E-state index contributed by atoms with van der Waals surface area (Å²) in [6.45, 7) is 2.25. The van der Waals surface area contributed by atoms with Gasteiger partial charge in [-0.3, -0.25) is 4.79 Å². The number of carbonyl (C=O) groups is 1. The number of anilines is 1. The first kappa shape index (κ1) is 20.3. The first-order valence-electron chi connectivity index (χ1n) is 9.84. The van der Waals surface area contributed by atoms with Gasteiger partial charge < -0.3 is 19.7 Å². The second kappa shape index (κ2) is 8.41. The van der Waals surface area contributed by atoms with Gasteiger partial charge in [-0.15, -0.1) is 0 Å². The van der Waals surface area contributed by atoms with E-state index in [1.54, 1.807) is 0 Å². The number of aromatic nitrogens is 1. The molecule has 1 amide bonds. The first-order chi connectivity index (χ1) is 14.4. The third kappa shape index (κ3) is 4.77. The van der Waals surface area contributed by atoms with Crippen LogP contribution >= 0.6 is 0 Å². The lowest BCUT2D eigenvalue weighted by atomic mass is 10.0. The highest BCUT2D eigenvalue weighted by Crippen LogP contribution is 2.31. The van der Waals surface area contributed by atoms with E-state index in [1.165, 1.54) is 6.07 Å². The Balaban J connectivity index is 1.27. The fourth-order valence-corrected chi connectivity index (χ4v) is 3.66. The Morgan fingerprint density at radius 3 is 2.50 bits per heavy atom. The van der Waals surface area contributed by atoms with Crippen LogP contribution in [0.2, 0.25) is 0 Å². The van der Waals surface area contributed by atoms with E-state index in [0.29, 0.717) is 56.5 Å². The van der Waals surface area contributed by atoms with Gasteiger partial charge in [0.25, 0.3) is 0 Å². The smallest absolute Gasteiger partial charge is 0.417 e. The predicted molar refractivity (Wildman–Crippen MR) is 104 cm³/mol. The Labute approximate surface area is 172 Å². The number of fused-ring (bicyclic) bond motifs is 1. The number of amides is 1. The van der Waals surface area contributed by atoms with Crippen molar-refractivity contribution in [3.63, 3.8) is 0 Å². The van der Waals surface area contributed by atoms with Crippen molar-refractivity contribution in [2.24, 2.45) is 0 Å². The van der Waals surface area contributed by atoms with E-state index in [2.05, 4.69) is 10.3 Å². The Bertz CT molecular complexity index is 895. The van der Waals surface area contributed by atoms with Gasteiger partial charge in [-0.2, -0.15) is 13.2 Å². The second-order valence-corrected chi connectivity index (χ2v) is 7.39. The molecule has 2 aromatic rings. The number of carbonyl (C=O) groups excluding carboxylic acids is 1. The van der Waals surface area contributed by atoms with Crippen LogP contribution in [0.25, 0.3) is 0 Å². The molecule has 0 saturated carbocycles. The normalized spacial score (nSPS) is 17.0. The minimum atomic E-state index is -4.39. The molecule has 3 heterocycles. The van der Waals surface area contributed by atoms with E-state index < -0.39 is 11.7 Å². The summed E-state index contributed by atoms with van der Waals surface area (Å²) in [5, 5.41) is 3.04. The van der Waals surface area contributed by atoms with Crippen molar-refractivity contribution < 1.29 is 27.4 Å². The van der Waals surface area contributed by atoms with Gasteiger partial charge >= 0.3 is 6.18 Å². The molecule has 6 nitrogen and oxygen atoms in total. The number of pyridine rings is 1. The molecule has 1 N–H and O–H groups in total. The number of benzene rings is 1. The number of hydrogen-bond donors (Lipinski definition) is 1. The number of halogens is 3. The molecule has 1 fully saturated rings. The molecule has 160 valence electrons. The van der Waals surface area contributed by atoms with Gasteiger partial charge in [0.1, 0.15) is 19.0 Å². The summed E-state index contributed by atoms with van der Waals surface area (Å²) in [4.78, 5) is 18.3. The van der Waals surface area contributed by atoms with E-state index in [-0.39, 0.29) is 18.4 Å². The van der Waals surface area contributed by atoms with Crippen LogP contribution in [0.15, 0.2) is 36.5 Å². The van der Waals surface area contributed by atoms with Crippen LogP contribution in [-0.4, -0.2) is 43.2 Å². The maximum absolute atomic E-state index is 12.7. The number of hydrogen-bond acceptors (Lipinski definition) is 5. The van der Waals surface area contributed by atoms with Crippen LogP contribution < -0.4 is 19.7 Å². The SMILES string of the molecule is O=C(Cc1ccc2c(c1)OCCO2)NC1CCN(c2ccc(C(F)(F)F)cn2)CC1. The van der Waals surface area contributed by atoms with Gasteiger partial charge in [0.2, 0.25) is 5.91 Å². The number of alkyl halides is 3. The molecule has 0 atom stereocenters. The predicted octanol–water partition coefficient (Wildman–Crippen LogP) is 3.20. The van der Waals surface area contributed by atoms with Gasteiger partial charge in [0, 0.05) is 25.3 Å². The molecule has 1 aromatic carbocycles. The Morgan fingerprint density at radius 2 is 1.83 bits per heavy atom.